The summed E-state index contributed by atoms with van der Waals surface area (Å²) in [6.45, 7) is 8.53. The average molecular weight is 1100 g/mol. The van der Waals surface area contributed by atoms with Crippen LogP contribution in [0.2, 0.25) is 0 Å². The lowest BCUT2D eigenvalue weighted by molar-refractivity contribution is -0.145. The number of thiazole rings is 1. The fourth-order valence-corrected chi connectivity index (χ4v) is 9.82. The molecule has 79 heavy (non-hydrogen) atoms. The Morgan fingerprint density at radius 1 is 0.532 bits per heavy atom. The predicted octanol–water partition coefficient (Wildman–Crippen LogP) is 11.5. The van der Waals surface area contributed by atoms with Gasteiger partial charge in [0.05, 0.1) is 66.5 Å². The fourth-order valence-electron chi connectivity index (χ4n) is 8.98. The van der Waals surface area contributed by atoms with Gasteiger partial charge < -0.3 is 37.9 Å². The van der Waals surface area contributed by atoms with Gasteiger partial charge in [-0.25, -0.2) is 14.6 Å². The second-order valence-electron chi connectivity index (χ2n) is 19.2. The number of carbonyl (C=O) groups is 6. The maximum Gasteiger partial charge on any atom is 0.330 e. The summed E-state index contributed by atoms with van der Waals surface area (Å²) in [6, 6.07) is 25.6. The molecule has 0 spiro atoms. The first-order valence-electron chi connectivity index (χ1n) is 26.9. The molecule has 1 N–H and O–H groups in total. The van der Waals surface area contributed by atoms with Gasteiger partial charge in [0.15, 0.2) is 0 Å². The molecule has 0 amide bonds. The van der Waals surface area contributed by atoms with Crippen LogP contribution in [0.4, 0.5) is 5.13 Å². The molecule has 2 aliphatic carbocycles. The number of rotatable bonds is 29. The molecule has 0 atom stereocenters. The molecule has 1 aromatic heterocycles. The van der Waals surface area contributed by atoms with Crippen LogP contribution in [-0.2, 0) is 38.2 Å². The molecule has 7 rings (SSSR count). The van der Waals surface area contributed by atoms with E-state index in [2.05, 4.69) is 23.2 Å². The van der Waals surface area contributed by atoms with E-state index in [1.54, 1.807) is 48.5 Å². The first-order valence-corrected chi connectivity index (χ1v) is 27.7. The molecule has 2 fully saturated rings. The molecule has 19 heteroatoms. The first kappa shape index (κ1) is 58.8. The van der Waals surface area contributed by atoms with E-state index < -0.39 is 47.5 Å². The zero-order valence-corrected chi connectivity index (χ0v) is 45.0. The van der Waals surface area contributed by atoms with Gasteiger partial charge in [-0.1, -0.05) is 36.6 Å². The van der Waals surface area contributed by atoms with E-state index in [1.165, 1.54) is 35.8 Å². The van der Waals surface area contributed by atoms with E-state index in [0.717, 1.165) is 68.2 Å². The third-order valence-corrected chi connectivity index (χ3v) is 14.5. The van der Waals surface area contributed by atoms with Crippen LogP contribution < -0.4 is 33.6 Å². The van der Waals surface area contributed by atoms with Crippen molar-refractivity contribution >= 4 is 68.7 Å². The molecule has 0 unspecified atom stereocenters. The van der Waals surface area contributed by atoms with Crippen molar-refractivity contribution in [1.82, 2.24) is 4.98 Å². The van der Waals surface area contributed by atoms with Crippen LogP contribution in [0, 0.1) is 23.7 Å². The minimum Gasteiger partial charge on any atom is -0.494 e. The van der Waals surface area contributed by atoms with E-state index in [1.807, 2.05) is 24.3 Å². The highest BCUT2D eigenvalue weighted by atomic mass is 32.1. The van der Waals surface area contributed by atoms with Gasteiger partial charge in [0.2, 0.25) is 5.13 Å². The Kier molecular flexibility index (Phi) is 23.0. The van der Waals surface area contributed by atoms with Crippen LogP contribution in [0.3, 0.4) is 0 Å². The van der Waals surface area contributed by atoms with Crippen molar-refractivity contribution in [3.05, 3.63) is 122 Å². The second kappa shape index (κ2) is 30.9. The zero-order chi connectivity index (χ0) is 55.8. The number of anilines is 1. The molecule has 2 saturated carbocycles. The summed E-state index contributed by atoms with van der Waals surface area (Å²) in [7, 11) is 0. The second-order valence-corrected chi connectivity index (χ2v) is 20.2. The molecule has 5 aromatic rings. The van der Waals surface area contributed by atoms with Crippen LogP contribution in [0.15, 0.2) is 121 Å². The van der Waals surface area contributed by atoms with E-state index >= 15 is 0 Å². The summed E-state index contributed by atoms with van der Waals surface area (Å²) in [5, 5.41) is 15.9. The Morgan fingerprint density at radius 3 is 1.39 bits per heavy atom. The molecule has 18 nitrogen and oxygen atoms in total. The molecule has 0 aliphatic heterocycles. The number of benzene rings is 4. The van der Waals surface area contributed by atoms with Crippen LogP contribution in [-0.4, -0.2) is 78.6 Å². The maximum absolute atomic E-state index is 13.7. The zero-order valence-electron chi connectivity index (χ0n) is 44.2. The number of fused-ring (bicyclic) bond motifs is 1. The number of ether oxygens (including phenoxy) is 8. The molecular weight excluding hydrogens is 1030 g/mol. The lowest BCUT2D eigenvalue weighted by Crippen LogP contribution is -2.30. The first-order chi connectivity index (χ1) is 38.4. The van der Waals surface area contributed by atoms with Crippen LogP contribution >= 0.6 is 11.3 Å². The minimum atomic E-state index is -0.510. The number of esters is 6. The monoisotopic (exact) mass is 1100 g/mol. The van der Waals surface area contributed by atoms with Crippen molar-refractivity contribution in [3.8, 4) is 34.5 Å². The molecule has 4 aromatic carbocycles. The number of unbranched alkanes of at least 4 members (excludes halogenated alkanes) is 6. The summed E-state index contributed by atoms with van der Waals surface area (Å²) in [6.07, 6.45) is 13.7. The van der Waals surface area contributed by atoms with Gasteiger partial charge in [-0.05, 0) is 182 Å². The third-order valence-electron chi connectivity index (χ3n) is 13.5. The summed E-state index contributed by atoms with van der Waals surface area (Å²) in [5.74, 6) is -2.03. The maximum atomic E-state index is 13.7. The highest BCUT2D eigenvalue weighted by Gasteiger charge is 2.34. The fraction of sp³-hybridized carbons (Fsp3) is 0.400. The normalized spacial score (nSPS) is 17.0. The molecule has 1 heterocycles. The predicted molar refractivity (Wildman–Crippen MR) is 294 cm³/mol. The van der Waals surface area contributed by atoms with Crippen molar-refractivity contribution in [3.63, 3.8) is 0 Å². The van der Waals surface area contributed by atoms with Crippen molar-refractivity contribution in [2.24, 2.45) is 28.8 Å². The van der Waals surface area contributed by atoms with Crippen molar-refractivity contribution in [2.75, 3.05) is 31.6 Å². The highest BCUT2D eigenvalue weighted by Crippen LogP contribution is 2.35. The Hall–Kier alpha value is -7.90. The summed E-state index contributed by atoms with van der Waals surface area (Å²) >= 11 is 1.22. The van der Waals surface area contributed by atoms with Crippen molar-refractivity contribution in [1.29, 1.82) is 0 Å². The number of carbonyl (C=O) groups excluding carboxylic acids is 6. The Balaban J connectivity index is 0.865. The van der Waals surface area contributed by atoms with Gasteiger partial charge >= 0.3 is 35.8 Å². The summed E-state index contributed by atoms with van der Waals surface area (Å²) < 4.78 is 45.6. The largest absolute Gasteiger partial charge is 0.494 e. The molecule has 0 radical (unpaired) electrons. The van der Waals surface area contributed by atoms with Gasteiger partial charge in [-0.3, -0.25) is 24.4 Å². The summed E-state index contributed by atoms with van der Waals surface area (Å²) in [5.41, 5.74) is 0.910. The minimum absolute atomic E-state index is 0.110. The topological polar surface area (TPSA) is 225 Å². The molecular formula is C60H67N3O15S. The number of nitrogens with zero attached hydrogens (tertiary/aromatic N) is 3. The SMILES string of the molecule is C=CC(=O)OCCCCCCOc1ccc(OC(=O)C2CCC(C(=O)Oc3ccc(OC(=O)C4CCC(C(=O)Oc5ccc(OCCCCCCOC(=O)C=C)cc5)CC4)c(/C=N/N(O)c4nc5ccccc5s4)c3)CC2)cc1. The lowest BCUT2D eigenvalue weighted by Gasteiger charge is -2.26. The van der Waals surface area contributed by atoms with E-state index in [-0.39, 0.29) is 34.1 Å². The van der Waals surface area contributed by atoms with Gasteiger partial charge in [0.25, 0.3) is 0 Å². The Morgan fingerprint density at radius 2 is 0.937 bits per heavy atom. The Bertz CT molecular complexity index is 2840. The molecule has 0 bridgehead atoms. The van der Waals surface area contributed by atoms with Gasteiger partial charge in [0.1, 0.15) is 34.5 Å². The number of hydrazone groups is 1. The third kappa shape index (κ3) is 18.9. The quantitative estimate of drug-likeness (QED) is 0.0117. The van der Waals surface area contributed by atoms with E-state index in [9.17, 15) is 34.0 Å². The van der Waals surface area contributed by atoms with Crippen molar-refractivity contribution in [2.45, 2.75) is 103 Å². The van der Waals surface area contributed by atoms with Crippen LogP contribution in [0.25, 0.3) is 10.2 Å². The van der Waals surface area contributed by atoms with Gasteiger partial charge in [-0.15, -0.1) is 5.17 Å². The van der Waals surface area contributed by atoms with E-state index in [0.29, 0.717) is 111 Å². The summed E-state index contributed by atoms with van der Waals surface area (Å²) in [4.78, 5) is 80.3. The van der Waals surface area contributed by atoms with E-state index in [4.69, 9.17) is 37.9 Å². The molecule has 0 saturated heterocycles. The molecule has 2 aliphatic rings. The smallest absolute Gasteiger partial charge is 0.330 e. The lowest BCUT2D eigenvalue weighted by atomic mass is 9.82. The average Bonchev–Trinajstić information content (AvgIpc) is 3.94. The number of hydrogen-bond donors (Lipinski definition) is 1. The number of aromatic nitrogens is 1. The molecule has 418 valence electrons. The standard InChI is InChI=1S/C60H67N3O15S/c1-3-54(64)73-37-13-7-5-11-35-71-46-25-29-48(30-26-46)75-56(66)41-17-19-43(20-18-41)58(68)77-50-33-34-52(45(39-50)40-61-63(70)60-62-51-15-9-10-16-53(51)79-60)78-59(69)44-23-21-42(22-24-44)57(67)76-49-31-27-47(28-32-49)72-36-12-6-8-14-38-74-55(65)4-2/h3-4,9-10,15-16,25-34,39-44,70H,1-2,5-8,11-14,17-24,35-38H2/b61-40+. The van der Waals surface area contributed by atoms with Gasteiger partial charge in [-0.2, -0.15) is 5.10 Å². The van der Waals surface area contributed by atoms with Crippen LogP contribution in [0.1, 0.15) is 108 Å². The highest BCUT2D eigenvalue weighted by molar-refractivity contribution is 7.22. The number of para-hydroxylation sites is 1. The van der Waals surface area contributed by atoms with Crippen LogP contribution in [0.5, 0.6) is 34.5 Å². The van der Waals surface area contributed by atoms with Gasteiger partial charge in [0, 0.05) is 17.7 Å². The number of hydrogen-bond acceptors (Lipinski definition) is 19. The Labute approximate surface area is 463 Å². The van der Waals surface area contributed by atoms with Crippen molar-refractivity contribution < 1.29 is 71.9 Å².